The minimum Gasteiger partial charge on any atom is -0.330 e. The van der Waals surface area contributed by atoms with E-state index in [1.807, 2.05) is 42.5 Å². The lowest BCUT2D eigenvalue weighted by atomic mass is 10.1. The smallest absolute Gasteiger partial charge is 0.255 e. The molecule has 0 saturated carbocycles. The van der Waals surface area contributed by atoms with E-state index in [0.717, 1.165) is 27.9 Å². The predicted molar refractivity (Wildman–Crippen MR) is 86.8 cm³/mol. The van der Waals surface area contributed by atoms with Gasteiger partial charge in [-0.3, -0.25) is 4.79 Å². The Labute approximate surface area is 126 Å². The Morgan fingerprint density at radius 2 is 2.00 bits per heavy atom. The molecule has 3 N–H and O–H groups in total. The first-order valence-corrected chi connectivity index (χ1v) is 7.58. The quantitative estimate of drug-likeness (QED) is 0.777. The normalized spacial score (nSPS) is 10.7. The second kappa shape index (κ2) is 6.03. The number of carbonyl (C=O) groups excluding carboxylic acids is 1. The number of aromatic nitrogens is 1. The summed E-state index contributed by atoms with van der Waals surface area (Å²) in [6.45, 7) is 0.612. The van der Waals surface area contributed by atoms with Crippen LogP contribution in [0.5, 0.6) is 0 Å². The summed E-state index contributed by atoms with van der Waals surface area (Å²) in [4.78, 5) is 16.4. The van der Waals surface area contributed by atoms with Crippen molar-refractivity contribution in [3.63, 3.8) is 0 Å². The maximum atomic E-state index is 12.2. The third-order valence-corrected chi connectivity index (χ3v) is 4.03. The van der Waals surface area contributed by atoms with Crippen molar-refractivity contribution in [2.45, 2.75) is 6.42 Å². The molecule has 0 radical (unpaired) electrons. The highest BCUT2D eigenvalue weighted by molar-refractivity contribution is 7.16. The molecule has 5 heteroatoms. The molecule has 0 aliphatic carbocycles. The zero-order valence-corrected chi connectivity index (χ0v) is 12.2. The van der Waals surface area contributed by atoms with E-state index in [4.69, 9.17) is 5.73 Å². The highest BCUT2D eigenvalue weighted by Gasteiger charge is 2.07. The summed E-state index contributed by atoms with van der Waals surface area (Å²) >= 11 is 1.56. The van der Waals surface area contributed by atoms with E-state index >= 15 is 0 Å². The van der Waals surface area contributed by atoms with Gasteiger partial charge in [-0.25, -0.2) is 4.98 Å². The van der Waals surface area contributed by atoms with Crippen LogP contribution < -0.4 is 11.1 Å². The lowest BCUT2D eigenvalue weighted by Crippen LogP contribution is -2.12. The van der Waals surface area contributed by atoms with Crippen LogP contribution in [0.25, 0.3) is 10.2 Å². The molecule has 0 saturated heterocycles. The minimum absolute atomic E-state index is 0.113. The fourth-order valence-corrected chi connectivity index (χ4v) is 2.84. The summed E-state index contributed by atoms with van der Waals surface area (Å²) < 4.78 is 1.06. The van der Waals surface area contributed by atoms with Crippen LogP contribution in [-0.4, -0.2) is 17.4 Å². The first-order chi connectivity index (χ1) is 10.3. The molecule has 4 nitrogen and oxygen atoms in total. The maximum Gasteiger partial charge on any atom is 0.255 e. The first kappa shape index (κ1) is 13.7. The van der Waals surface area contributed by atoms with Crippen molar-refractivity contribution in [2.75, 3.05) is 11.9 Å². The van der Waals surface area contributed by atoms with Crippen molar-refractivity contribution in [2.24, 2.45) is 5.73 Å². The molecule has 1 amide bonds. The van der Waals surface area contributed by atoms with Crippen LogP contribution in [0.2, 0.25) is 0 Å². The topological polar surface area (TPSA) is 68.0 Å². The molecule has 0 aliphatic heterocycles. The second-order valence-electron chi connectivity index (χ2n) is 4.72. The molecule has 0 fully saturated rings. The average molecular weight is 297 g/mol. The second-order valence-corrected chi connectivity index (χ2v) is 5.61. The number of nitrogens with two attached hydrogens (primary N) is 1. The molecule has 0 spiro atoms. The van der Waals surface area contributed by atoms with Crippen molar-refractivity contribution >= 4 is 33.1 Å². The Kier molecular flexibility index (Phi) is 3.94. The van der Waals surface area contributed by atoms with Gasteiger partial charge in [-0.05, 0) is 48.9 Å². The lowest BCUT2D eigenvalue weighted by molar-refractivity contribution is 0.102. The standard InChI is InChI=1S/C16H15N3OS/c17-8-7-11-1-3-12(4-2-11)16(20)19-13-5-6-14-15(9-13)21-10-18-14/h1-6,9-10H,7-8,17H2,(H,19,20). The fraction of sp³-hybridized carbons (Fsp3) is 0.125. The van der Waals surface area contributed by atoms with Crippen LogP contribution in [0, 0.1) is 0 Å². The van der Waals surface area contributed by atoms with Crippen LogP contribution in [0.1, 0.15) is 15.9 Å². The van der Waals surface area contributed by atoms with Gasteiger partial charge in [-0.15, -0.1) is 11.3 Å². The summed E-state index contributed by atoms with van der Waals surface area (Å²) in [6, 6.07) is 13.2. The molecule has 106 valence electrons. The lowest BCUT2D eigenvalue weighted by Gasteiger charge is -2.06. The number of benzene rings is 2. The number of hydrogen-bond donors (Lipinski definition) is 2. The van der Waals surface area contributed by atoms with Gasteiger partial charge in [0.05, 0.1) is 15.7 Å². The molecule has 0 atom stereocenters. The third-order valence-electron chi connectivity index (χ3n) is 3.24. The number of thiazole rings is 1. The molecule has 3 rings (SSSR count). The maximum absolute atomic E-state index is 12.2. The van der Waals surface area contributed by atoms with Crippen molar-refractivity contribution in [3.8, 4) is 0 Å². The molecule has 3 aromatic rings. The fourth-order valence-electron chi connectivity index (χ4n) is 2.13. The zero-order chi connectivity index (χ0) is 14.7. The average Bonchev–Trinajstić information content (AvgIpc) is 2.96. The van der Waals surface area contributed by atoms with Crippen molar-refractivity contribution in [1.82, 2.24) is 4.98 Å². The van der Waals surface area contributed by atoms with Gasteiger partial charge in [0.15, 0.2) is 0 Å². The van der Waals surface area contributed by atoms with Crippen molar-refractivity contribution in [3.05, 3.63) is 59.1 Å². The molecular weight excluding hydrogens is 282 g/mol. The Morgan fingerprint density at radius 3 is 2.76 bits per heavy atom. The number of anilines is 1. The minimum atomic E-state index is -0.113. The van der Waals surface area contributed by atoms with Crippen LogP contribution in [0.4, 0.5) is 5.69 Å². The SMILES string of the molecule is NCCc1ccc(C(=O)Nc2ccc3ncsc3c2)cc1. The highest BCUT2D eigenvalue weighted by atomic mass is 32.1. The van der Waals surface area contributed by atoms with E-state index in [9.17, 15) is 4.79 Å². The molecule has 2 aromatic carbocycles. The van der Waals surface area contributed by atoms with E-state index < -0.39 is 0 Å². The Balaban J connectivity index is 1.75. The molecule has 0 bridgehead atoms. The largest absolute Gasteiger partial charge is 0.330 e. The number of amides is 1. The number of nitrogens with one attached hydrogen (secondary N) is 1. The van der Waals surface area contributed by atoms with Crippen LogP contribution in [0.3, 0.4) is 0 Å². The van der Waals surface area contributed by atoms with E-state index in [-0.39, 0.29) is 5.91 Å². The molecule has 0 aliphatic rings. The highest BCUT2D eigenvalue weighted by Crippen LogP contribution is 2.22. The van der Waals surface area contributed by atoms with Gasteiger partial charge < -0.3 is 11.1 Å². The van der Waals surface area contributed by atoms with Gasteiger partial charge in [-0.1, -0.05) is 12.1 Å². The van der Waals surface area contributed by atoms with E-state index in [0.29, 0.717) is 12.1 Å². The van der Waals surface area contributed by atoms with E-state index in [2.05, 4.69) is 10.3 Å². The van der Waals surface area contributed by atoms with E-state index in [1.165, 1.54) is 0 Å². The summed E-state index contributed by atoms with van der Waals surface area (Å²) in [7, 11) is 0. The zero-order valence-electron chi connectivity index (χ0n) is 11.4. The van der Waals surface area contributed by atoms with E-state index in [1.54, 1.807) is 16.8 Å². The van der Waals surface area contributed by atoms with Gasteiger partial charge in [0, 0.05) is 11.3 Å². The monoisotopic (exact) mass is 297 g/mol. The Bertz CT molecular complexity index is 765. The Morgan fingerprint density at radius 1 is 1.19 bits per heavy atom. The summed E-state index contributed by atoms with van der Waals surface area (Å²) in [5.41, 5.74) is 10.8. The van der Waals surface area contributed by atoms with Gasteiger partial charge in [0.1, 0.15) is 0 Å². The summed E-state index contributed by atoms with van der Waals surface area (Å²) in [5.74, 6) is -0.113. The summed E-state index contributed by atoms with van der Waals surface area (Å²) in [5, 5.41) is 2.91. The predicted octanol–water partition coefficient (Wildman–Crippen LogP) is 3.05. The number of nitrogens with zero attached hydrogens (tertiary/aromatic N) is 1. The van der Waals surface area contributed by atoms with Crippen LogP contribution in [0.15, 0.2) is 48.0 Å². The number of hydrogen-bond acceptors (Lipinski definition) is 4. The number of rotatable bonds is 4. The van der Waals surface area contributed by atoms with Gasteiger partial charge in [0.25, 0.3) is 5.91 Å². The van der Waals surface area contributed by atoms with Crippen molar-refractivity contribution in [1.29, 1.82) is 0 Å². The first-order valence-electron chi connectivity index (χ1n) is 6.70. The van der Waals surface area contributed by atoms with Crippen LogP contribution in [-0.2, 0) is 6.42 Å². The molecule has 0 unspecified atom stereocenters. The third kappa shape index (κ3) is 3.09. The molecule has 1 aromatic heterocycles. The Hall–Kier alpha value is -2.24. The van der Waals surface area contributed by atoms with Gasteiger partial charge in [0.2, 0.25) is 0 Å². The molecule has 21 heavy (non-hydrogen) atoms. The number of fused-ring (bicyclic) bond motifs is 1. The van der Waals surface area contributed by atoms with Crippen molar-refractivity contribution < 1.29 is 4.79 Å². The summed E-state index contributed by atoms with van der Waals surface area (Å²) in [6.07, 6.45) is 0.823. The molecular formula is C16H15N3OS. The van der Waals surface area contributed by atoms with Crippen LogP contribution >= 0.6 is 11.3 Å². The molecule has 1 heterocycles. The van der Waals surface area contributed by atoms with Gasteiger partial charge in [-0.2, -0.15) is 0 Å². The number of carbonyl (C=O) groups is 1. The van der Waals surface area contributed by atoms with Gasteiger partial charge >= 0.3 is 0 Å².